The topological polar surface area (TPSA) is 59.6 Å². The van der Waals surface area contributed by atoms with Crippen molar-refractivity contribution in [3.8, 4) is 0 Å². The van der Waals surface area contributed by atoms with Crippen molar-refractivity contribution in [3.63, 3.8) is 0 Å². The summed E-state index contributed by atoms with van der Waals surface area (Å²) in [5.74, 6) is 0. The molecule has 37 heavy (non-hydrogen) atoms. The summed E-state index contributed by atoms with van der Waals surface area (Å²) >= 11 is 0. The van der Waals surface area contributed by atoms with Crippen LogP contribution in [0, 0.1) is 31.1 Å². The van der Waals surface area contributed by atoms with Gasteiger partial charge in [-0.3, -0.25) is 0 Å². The molecule has 0 spiro atoms. The first-order valence-corrected chi connectivity index (χ1v) is 23.2. The summed E-state index contributed by atoms with van der Waals surface area (Å²) in [4.78, 5) is 18.2. The van der Waals surface area contributed by atoms with Crippen molar-refractivity contribution in [2.24, 2.45) is 0 Å². The average molecular weight is 796 g/mol. The summed E-state index contributed by atoms with van der Waals surface area (Å²) in [5.41, 5.74) is 0. The molecule has 0 heterocycles. The van der Waals surface area contributed by atoms with E-state index >= 15 is 0 Å². The second kappa shape index (κ2) is 18.1. The second-order valence-electron chi connectivity index (χ2n) is 14.8. The normalized spacial score (nSPS) is 13.8. The van der Waals surface area contributed by atoms with Gasteiger partial charge in [0.2, 0.25) is 0 Å². The van der Waals surface area contributed by atoms with Crippen molar-refractivity contribution in [1.29, 1.82) is 0 Å². The number of nitrogens with zero attached hydrogens (tertiary/aromatic N) is 5. The molecule has 0 aliphatic rings. The van der Waals surface area contributed by atoms with Gasteiger partial charge in [-0.1, -0.05) is 155 Å². The third-order valence-corrected chi connectivity index (χ3v) is 22.8. The first-order chi connectivity index (χ1) is 15.9. The largest absolute Gasteiger partial charge is 4.00 e. The fraction of sp³-hybridized carbons (Fsp3) is 1.00. The first-order valence-electron chi connectivity index (χ1n) is 14.4. The van der Waals surface area contributed by atoms with E-state index < -0.39 is 24.7 Å². The zero-order valence-corrected chi connectivity index (χ0v) is 35.6. The second-order valence-corrected chi connectivity index (χ2v) is 29.6. The fourth-order valence-electron chi connectivity index (χ4n) is 2.68. The van der Waals surface area contributed by atoms with Crippen molar-refractivity contribution >= 4 is 24.7 Å². The van der Waals surface area contributed by atoms with Gasteiger partial charge in [-0.2, -0.15) is 13.1 Å². The molecule has 0 unspecified atom stereocenters. The minimum absolute atomic E-state index is 0. The molecular weight excluding hydrogens is 729 g/mol. The molecule has 0 aliphatic heterocycles. The third kappa shape index (κ3) is 17.8. The fourth-order valence-corrected chi connectivity index (χ4v) is 6.08. The maximum Gasteiger partial charge on any atom is 4.00 e. The van der Waals surface area contributed by atoms with Crippen LogP contribution in [-0.2, 0) is 0 Å². The molecule has 0 fully saturated rings. The Kier molecular flexibility index (Phi) is 21.0. The molecule has 0 bridgehead atoms. The van der Waals surface area contributed by atoms with Crippen LogP contribution < -0.4 is 0 Å². The Morgan fingerprint density at radius 2 is 0.703 bits per heavy atom. The molecule has 9 heteroatoms. The van der Waals surface area contributed by atoms with E-state index in [-0.39, 0.29) is 31.1 Å². The van der Waals surface area contributed by atoms with Gasteiger partial charge in [0.15, 0.2) is 0 Å². The quantitative estimate of drug-likeness (QED) is 0.162. The van der Waals surface area contributed by atoms with E-state index in [0.29, 0.717) is 15.1 Å². The minimum atomic E-state index is -1.58. The molecule has 0 aliphatic carbocycles. The summed E-state index contributed by atoms with van der Waals surface area (Å²) in [5, 5.41) is 4.91. The molecule has 0 aromatic rings. The van der Waals surface area contributed by atoms with Gasteiger partial charge in [0.25, 0.3) is 0 Å². The SMILES string of the molecule is CC(C)(C)[Si](C)(C)[N-]CCN(CC[N-][Si](C)(C)C(C)(C)C)CC[N-][Si](C)(C)C(C)(C)C.CC[N-]CC.[U+4]. The van der Waals surface area contributed by atoms with Gasteiger partial charge >= 0.3 is 31.1 Å². The molecule has 0 N–H and O–H groups in total. The van der Waals surface area contributed by atoms with Crippen LogP contribution in [0.3, 0.4) is 0 Å². The van der Waals surface area contributed by atoms with Crippen molar-refractivity contribution in [1.82, 2.24) is 4.90 Å². The van der Waals surface area contributed by atoms with Crippen LogP contribution >= 0.6 is 0 Å². The molecule has 220 valence electrons. The number of rotatable bonds is 14. The van der Waals surface area contributed by atoms with E-state index in [2.05, 4.69) is 112 Å². The van der Waals surface area contributed by atoms with Crippen molar-refractivity contribution in [3.05, 3.63) is 20.3 Å². The summed E-state index contributed by atoms with van der Waals surface area (Å²) in [6, 6.07) is 0. The van der Waals surface area contributed by atoms with E-state index in [0.717, 1.165) is 52.4 Å². The Balaban J connectivity index is -0.00000174. The molecule has 0 radical (unpaired) electrons. The van der Waals surface area contributed by atoms with Crippen molar-refractivity contribution in [2.45, 2.75) is 131 Å². The van der Waals surface area contributed by atoms with Gasteiger partial charge in [0, 0.05) is 0 Å². The zero-order chi connectivity index (χ0) is 29.1. The molecular formula is C28H67N5Si3U. The minimum Gasteiger partial charge on any atom is -0.663 e. The molecule has 0 rings (SSSR count). The molecule has 0 saturated heterocycles. The van der Waals surface area contributed by atoms with Gasteiger partial charge in [0.05, 0.1) is 0 Å². The van der Waals surface area contributed by atoms with E-state index in [4.69, 9.17) is 14.9 Å². The predicted molar refractivity (Wildman–Crippen MR) is 177 cm³/mol. The predicted octanol–water partition coefficient (Wildman–Crippen LogP) is 9.83. The molecule has 0 atom stereocenters. The van der Waals surface area contributed by atoms with Gasteiger partial charge < -0.3 is 25.2 Å². The van der Waals surface area contributed by atoms with Crippen LogP contribution in [-0.4, -0.2) is 82.0 Å². The summed E-state index contributed by atoms with van der Waals surface area (Å²) < 4.78 is 0. The standard InChI is InChI=1S/C24H57N4Si3.C4H10N.U/c1-22(2,3)29(10,11)25-16-19-28(20-17-26-30(12,13)23(4,5)6)21-18-27-31(14,15)24(7,8)9;1-3-5-4-2;/h16-21H2,1-15H3;3-4H2,1-2H3;/q-3;-1;+4. The summed E-state index contributed by atoms with van der Waals surface area (Å²) in [6.45, 7) is 47.4. The average Bonchev–Trinajstić information content (AvgIpc) is 2.65. The maximum absolute atomic E-state index is 5.21. The molecule has 0 aromatic heterocycles. The Labute approximate surface area is 262 Å². The Hall–Kier alpha value is 1.50. The maximum atomic E-state index is 5.21. The van der Waals surface area contributed by atoms with Crippen LogP contribution in [0.4, 0.5) is 0 Å². The monoisotopic (exact) mass is 796 g/mol. The first kappa shape index (κ1) is 43.0. The summed E-state index contributed by atoms with van der Waals surface area (Å²) in [6.07, 6.45) is 0. The number of hydrogen-bond acceptors (Lipinski definition) is 1. The Morgan fingerprint density at radius 3 is 0.838 bits per heavy atom. The summed E-state index contributed by atoms with van der Waals surface area (Å²) in [7, 11) is -4.74. The van der Waals surface area contributed by atoms with Crippen LogP contribution in [0.2, 0.25) is 54.4 Å². The molecule has 0 amide bonds. The van der Waals surface area contributed by atoms with Gasteiger partial charge in [-0.05, 0) is 19.6 Å². The van der Waals surface area contributed by atoms with E-state index in [1.54, 1.807) is 0 Å². The van der Waals surface area contributed by atoms with E-state index in [1.165, 1.54) is 0 Å². The van der Waals surface area contributed by atoms with Crippen LogP contribution in [0.5, 0.6) is 0 Å². The Morgan fingerprint density at radius 1 is 0.486 bits per heavy atom. The molecule has 5 nitrogen and oxygen atoms in total. The molecule has 0 saturated carbocycles. The van der Waals surface area contributed by atoms with Gasteiger partial charge in [-0.15, -0.1) is 19.6 Å². The van der Waals surface area contributed by atoms with E-state index in [9.17, 15) is 0 Å². The van der Waals surface area contributed by atoms with Crippen LogP contribution in [0.25, 0.3) is 20.3 Å². The zero-order valence-electron chi connectivity index (χ0n) is 28.4. The van der Waals surface area contributed by atoms with Crippen LogP contribution in [0.1, 0.15) is 76.2 Å². The Bertz CT molecular complexity index is 502. The van der Waals surface area contributed by atoms with Crippen LogP contribution in [0.15, 0.2) is 0 Å². The van der Waals surface area contributed by atoms with Gasteiger partial charge in [-0.25, -0.2) is 0 Å². The van der Waals surface area contributed by atoms with Gasteiger partial charge in [0.1, 0.15) is 0 Å². The third-order valence-electron chi connectivity index (χ3n) is 8.72. The molecule has 0 aromatic carbocycles. The van der Waals surface area contributed by atoms with Crippen molar-refractivity contribution in [2.75, 3.05) is 52.4 Å². The van der Waals surface area contributed by atoms with Crippen molar-refractivity contribution < 1.29 is 31.1 Å². The van der Waals surface area contributed by atoms with E-state index in [1.807, 2.05) is 13.8 Å². The number of hydrogen-bond donors (Lipinski definition) is 0. The smallest absolute Gasteiger partial charge is 0.663 e.